The van der Waals surface area contributed by atoms with Crippen LogP contribution in [0, 0.1) is 0 Å². The number of rotatable bonds is 6. The molecule has 31 heavy (non-hydrogen) atoms. The first-order valence-electron chi connectivity index (χ1n) is 10.9. The van der Waals surface area contributed by atoms with Crippen molar-refractivity contribution in [2.45, 2.75) is 39.1 Å². The average molecular weight is 423 g/mol. The second-order valence-electron chi connectivity index (χ2n) is 8.34. The molecule has 7 nitrogen and oxygen atoms in total. The molecule has 4 rings (SSSR count). The highest BCUT2D eigenvalue weighted by Crippen LogP contribution is 2.19. The SMILES string of the molecule is CC1CN(Cc2ccccc2CNC(=O)c2cccc(N3CCNC3=O)c2)CC(C)O1. The van der Waals surface area contributed by atoms with Crippen LogP contribution in [0.2, 0.25) is 0 Å². The van der Waals surface area contributed by atoms with Crippen molar-refractivity contribution >= 4 is 17.6 Å². The van der Waals surface area contributed by atoms with Gasteiger partial charge >= 0.3 is 6.03 Å². The molecule has 0 saturated carbocycles. The molecule has 2 unspecified atom stereocenters. The molecule has 2 aliphatic rings. The summed E-state index contributed by atoms with van der Waals surface area (Å²) < 4.78 is 5.84. The van der Waals surface area contributed by atoms with Gasteiger partial charge in [-0.3, -0.25) is 14.6 Å². The normalized spacial score (nSPS) is 21.7. The van der Waals surface area contributed by atoms with Crippen LogP contribution in [0.1, 0.15) is 35.3 Å². The summed E-state index contributed by atoms with van der Waals surface area (Å²) in [6.07, 6.45) is 0.446. The number of hydrogen-bond donors (Lipinski definition) is 2. The van der Waals surface area contributed by atoms with Crippen LogP contribution in [0.25, 0.3) is 0 Å². The monoisotopic (exact) mass is 422 g/mol. The Labute approximate surface area is 183 Å². The van der Waals surface area contributed by atoms with Gasteiger partial charge < -0.3 is 15.4 Å². The first-order chi connectivity index (χ1) is 15.0. The third kappa shape index (κ3) is 5.24. The van der Waals surface area contributed by atoms with Crippen LogP contribution in [-0.4, -0.2) is 55.2 Å². The summed E-state index contributed by atoms with van der Waals surface area (Å²) in [5, 5.41) is 5.82. The lowest BCUT2D eigenvalue weighted by Crippen LogP contribution is -2.45. The van der Waals surface area contributed by atoms with Gasteiger partial charge in [0.1, 0.15) is 0 Å². The molecule has 2 aromatic rings. The molecule has 2 aromatic carbocycles. The number of amides is 3. The number of nitrogens with zero attached hydrogens (tertiary/aromatic N) is 2. The summed E-state index contributed by atoms with van der Waals surface area (Å²) in [4.78, 5) is 28.8. The summed E-state index contributed by atoms with van der Waals surface area (Å²) in [5.74, 6) is -0.148. The van der Waals surface area contributed by atoms with Crippen LogP contribution in [0.3, 0.4) is 0 Å². The van der Waals surface area contributed by atoms with Crippen molar-refractivity contribution < 1.29 is 14.3 Å². The number of morpholine rings is 1. The topological polar surface area (TPSA) is 73.9 Å². The third-order valence-electron chi connectivity index (χ3n) is 5.72. The van der Waals surface area contributed by atoms with Crippen LogP contribution in [0.4, 0.5) is 10.5 Å². The minimum atomic E-state index is -0.148. The molecule has 0 radical (unpaired) electrons. The summed E-state index contributed by atoms with van der Waals surface area (Å²) in [5.41, 5.74) is 3.61. The van der Waals surface area contributed by atoms with E-state index in [4.69, 9.17) is 4.74 Å². The quantitative estimate of drug-likeness (QED) is 0.751. The Bertz CT molecular complexity index is 938. The Morgan fingerprint density at radius 1 is 1.10 bits per heavy atom. The van der Waals surface area contributed by atoms with E-state index in [1.807, 2.05) is 24.3 Å². The van der Waals surface area contributed by atoms with Gasteiger partial charge in [-0.05, 0) is 43.2 Å². The van der Waals surface area contributed by atoms with E-state index in [-0.39, 0.29) is 24.1 Å². The number of urea groups is 1. The fraction of sp³-hybridized carbons (Fsp3) is 0.417. The number of anilines is 1. The summed E-state index contributed by atoms with van der Waals surface area (Å²) in [6.45, 7) is 8.54. The number of ether oxygens (including phenoxy) is 1. The lowest BCUT2D eigenvalue weighted by molar-refractivity contribution is -0.0705. The molecule has 2 N–H and O–H groups in total. The van der Waals surface area contributed by atoms with Crippen molar-refractivity contribution in [3.05, 3.63) is 65.2 Å². The molecule has 0 aliphatic carbocycles. The van der Waals surface area contributed by atoms with Crippen molar-refractivity contribution in [2.24, 2.45) is 0 Å². The fourth-order valence-corrected chi connectivity index (χ4v) is 4.35. The number of carbonyl (C=O) groups is 2. The summed E-state index contributed by atoms with van der Waals surface area (Å²) in [6, 6.07) is 15.3. The Morgan fingerprint density at radius 2 is 1.84 bits per heavy atom. The molecule has 2 saturated heterocycles. The molecular formula is C24H30N4O3. The van der Waals surface area contributed by atoms with E-state index in [2.05, 4.69) is 41.5 Å². The molecule has 0 aromatic heterocycles. The number of nitrogens with one attached hydrogen (secondary N) is 2. The lowest BCUT2D eigenvalue weighted by Gasteiger charge is -2.35. The zero-order chi connectivity index (χ0) is 21.8. The van der Waals surface area contributed by atoms with Gasteiger partial charge in [0.25, 0.3) is 5.91 Å². The highest BCUT2D eigenvalue weighted by molar-refractivity contribution is 5.98. The maximum atomic E-state index is 12.8. The van der Waals surface area contributed by atoms with Gasteiger partial charge in [0.2, 0.25) is 0 Å². The smallest absolute Gasteiger partial charge is 0.321 e. The summed E-state index contributed by atoms with van der Waals surface area (Å²) in [7, 11) is 0. The van der Waals surface area contributed by atoms with E-state index in [1.165, 1.54) is 5.56 Å². The molecule has 2 fully saturated rings. The molecule has 3 amide bonds. The van der Waals surface area contributed by atoms with Crippen LogP contribution < -0.4 is 15.5 Å². The number of hydrogen-bond acceptors (Lipinski definition) is 4. The predicted molar refractivity (Wildman–Crippen MR) is 120 cm³/mol. The Hall–Kier alpha value is -2.90. The van der Waals surface area contributed by atoms with Crippen molar-refractivity contribution in [3.63, 3.8) is 0 Å². The molecule has 7 heteroatoms. The Morgan fingerprint density at radius 3 is 2.55 bits per heavy atom. The van der Waals surface area contributed by atoms with Crippen molar-refractivity contribution in [3.8, 4) is 0 Å². The first-order valence-corrected chi connectivity index (χ1v) is 10.9. The van der Waals surface area contributed by atoms with Gasteiger partial charge in [-0.2, -0.15) is 0 Å². The molecule has 2 heterocycles. The van der Waals surface area contributed by atoms with Gasteiger partial charge in [-0.1, -0.05) is 30.3 Å². The van der Waals surface area contributed by atoms with E-state index in [1.54, 1.807) is 17.0 Å². The largest absolute Gasteiger partial charge is 0.373 e. The van der Waals surface area contributed by atoms with Crippen LogP contribution in [0.5, 0.6) is 0 Å². The maximum absolute atomic E-state index is 12.8. The number of benzene rings is 2. The average Bonchev–Trinajstić information content (AvgIpc) is 3.18. The van der Waals surface area contributed by atoms with Crippen molar-refractivity contribution in [1.29, 1.82) is 0 Å². The van der Waals surface area contributed by atoms with Crippen molar-refractivity contribution in [1.82, 2.24) is 15.5 Å². The minimum Gasteiger partial charge on any atom is -0.373 e. The van der Waals surface area contributed by atoms with E-state index < -0.39 is 0 Å². The zero-order valence-electron chi connectivity index (χ0n) is 18.1. The lowest BCUT2D eigenvalue weighted by atomic mass is 10.1. The van der Waals surface area contributed by atoms with E-state index in [0.717, 1.165) is 30.9 Å². The van der Waals surface area contributed by atoms with Crippen LogP contribution in [-0.2, 0) is 17.8 Å². The van der Waals surface area contributed by atoms with Crippen LogP contribution >= 0.6 is 0 Å². The summed E-state index contributed by atoms with van der Waals surface area (Å²) >= 11 is 0. The van der Waals surface area contributed by atoms with Crippen molar-refractivity contribution in [2.75, 3.05) is 31.1 Å². The van der Waals surface area contributed by atoms with E-state index in [0.29, 0.717) is 25.2 Å². The van der Waals surface area contributed by atoms with E-state index in [9.17, 15) is 9.59 Å². The molecule has 2 atom stereocenters. The number of carbonyl (C=O) groups excluding carboxylic acids is 2. The highest BCUT2D eigenvalue weighted by Gasteiger charge is 2.23. The third-order valence-corrected chi connectivity index (χ3v) is 5.72. The Balaban J connectivity index is 1.40. The highest BCUT2D eigenvalue weighted by atomic mass is 16.5. The standard InChI is InChI=1S/C24H30N4O3/c1-17-14-27(15-18(2)31-17)16-21-7-4-3-6-20(21)13-26-23(29)19-8-5-9-22(12-19)28-11-10-25-24(28)30/h3-9,12,17-18H,10-11,13-16H2,1-2H3,(H,25,30)(H,26,29). The van der Waals surface area contributed by atoms with Crippen LogP contribution in [0.15, 0.2) is 48.5 Å². The second kappa shape index (κ2) is 9.49. The first kappa shape index (κ1) is 21.3. The minimum absolute atomic E-state index is 0.127. The molecule has 164 valence electrons. The van der Waals surface area contributed by atoms with Gasteiger partial charge in [-0.15, -0.1) is 0 Å². The van der Waals surface area contributed by atoms with Gasteiger partial charge in [0, 0.05) is 50.5 Å². The maximum Gasteiger partial charge on any atom is 0.321 e. The molecule has 0 spiro atoms. The zero-order valence-corrected chi connectivity index (χ0v) is 18.1. The van der Waals surface area contributed by atoms with E-state index >= 15 is 0 Å². The fourth-order valence-electron chi connectivity index (χ4n) is 4.35. The molecule has 2 aliphatic heterocycles. The Kier molecular flexibility index (Phi) is 6.53. The van der Waals surface area contributed by atoms with Gasteiger partial charge in [0.15, 0.2) is 0 Å². The predicted octanol–water partition coefficient (Wildman–Crippen LogP) is 2.76. The van der Waals surface area contributed by atoms with Gasteiger partial charge in [-0.25, -0.2) is 4.79 Å². The second-order valence-corrected chi connectivity index (χ2v) is 8.34. The molecule has 0 bridgehead atoms. The molecular weight excluding hydrogens is 392 g/mol. The van der Waals surface area contributed by atoms with Gasteiger partial charge in [0.05, 0.1) is 12.2 Å².